The number of hydrogen-bond acceptors (Lipinski definition) is 7. The molecule has 128 valence electrons. The van der Waals surface area contributed by atoms with Gasteiger partial charge in [0.15, 0.2) is 5.69 Å². The molecule has 3 aromatic rings. The molecule has 0 spiro atoms. The minimum absolute atomic E-state index is 0.0825. The molecule has 2 aromatic heterocycles. The Morgan fingerprint density at radius 3 is 2.52 bits per heavy atom. The van der Waals surface area contributed by atoms with Crippen molar-refractivity contribution in [1.82, 2.24) is 30.2 Å². The number of nitrogens with zero attached hydrogens (tertiary/aromatic N) is 6. The quantitative estimate of drug-likeness (QED) is 0.769. The van der Waals surface area contributed by atoms with Crippen LogP contribution in [0, 0.1) is 0 Å². The van der Waals surface area contributed by atoms with Crippen LogP contribution in [-0.4, -0.2) is 49.2 Å². The molecule has 1 aliphatic rings. The molecule has 0 aliphatic carbocycles. The summed E-state index contributed by atoms with van der Waals surface area (Å²) >= 11 is 0. The maximum absolute atomic E-state index is 13.0. The summed E-state index contributed by atoms with van der Waals surface area (Å²) in [5.74, 6) is 0.155. The Morgan fingerprint density at radius 1 is 1.08 bits per heavy atom. The average Bonchev–Trinajstić information content (AvgIpc) is 3.28. The normalized spacial score (nSPS) is 14.6. The van der Waals surface area contributed by atoms with Gasteiger partial charge in [-0.2, -0.15) is 4.68 Å². The molecule has 1 amide bonds. The predicted molar refractivity (Wildman–Crippen MR) is 88.8 cm³/mol. The highest BCUT2D eigenvalue weighted by Gasteiger charge is 2.28. The van der Waals surface area contributed by atoms with E-state index < -0.39 is 0 Å². The van der Waals surface area contributed by atoms with Crippen molar-refractivity contribution in [3.63, 3.8) is 0 Å². The SMILES string of the molecule is Nc1nonc1-n1nnc(C(=O)N2CCCCC2)c1-c1ccccc1. The van der Waals surface area contributed by atoms with Crippen molar-refractivity contribution in [3.8, 4) is 17.1 Å². The first-order valence-corrected chi connectivity index (χ1v) is 8.14. The number of aromatic nitrogens is 5. The van der Waals surface area contributed by atoms with Crippen LogP contribution in [0.5, 0.6) is 0 Å². The number of likely N-dealkylation sites (tertiary alicyclic amines) is 1. The lowest BCUT2D eigenvalue weighted by molar-refractivity contribution is 0.0719. The Balaban J connectivity index is 1.83. The van der Waals surface area contributed by atoms with Crippen molar-refractivity contribution >= 4 is 11.7 Å². The number of hydrogen-bond donors (Lipinski definition) is 1. The number of nitrogens with two attached hydrogens (primary N) is 1. The zero-order chi connectivity index (χ0) is 17.2. The first kappa shape index (κ1) is 15.3. The Morgan fingerprint density at radius 2 is 1.84 bits per heavy atom. The van der Waals surface area contributed by atoms with Crippen molar-refractivity contribution in [2.45, 2.75) is 19.3 Å². The fraction of sp³-hybridized carbons (Fsp3) is 0.312. The number of rotatable bonds is 3. The molecular formula is C16H17N7O2. The van der Waals surface area contributed by atoms with E-state index in [1.807, 2.05) is 35.2 Å². The van der Waals surface area contributed by atoms with Crippen LogP contribution >= 0.6 is 0 Å². The smallest absolute Gasteiger partial charge is 0.276 e. The number of nitrogen functional groups attached to an aromatic ring is 1. The summed E-state index contributed by atoms with van der Waals surface area (Å²) in [6.07, 6.45) is 3.14. The molecule has 0 bridgehead atoms. The van der Waals surface area contributed by atoms with Crippen molar-refractivity contribution in [2.75, 3.05) is 18.8 Å². The van der Waals surface area contributed by atoms with Crippen LogP contribution in [-0.2, 0) is 0 Å². The molecule has 4 rings (SSSR count). The third-order valence-corrected chi connectivity index (χ3v) is 4.26. The second kappa shape index (κ2) is 6.34. The molecule has 25 heavy (non-hydrogen) atoms. The van der Waals surface area contributed by atoms with Crippen LogP contribution in [0.25, 0.3) is 17.1 Å². The molecule has 9 heteroatoms. The van der Waals surface area contributed by atoms with Crippen molar-refractivity contribution < 1.29 is 9.42 Å². The number of anilines is 1. The molecule has 9 nitrogen and oxygen atoms in total. The summed E-state index contributed by atoms with van der Waals surface area (Å²) in [4.78, 5) is 14.8. The van der Waals surface area contributed by atoms with Gasteiger partial charge in [0.2, 0.25) is 11.6 Å². The zero-order valence-corrected chi connectivity index (χ0v) is 13.5. The molecule has 0 saturated carbocycles. The topological polar surface area (TPSA) is 116 Å². The Hall–Kier alpha value is -3.23. The van der Waals surface area contributed by atoms with Crippen LogP contribution < -0.4 is 5.73 Å². The molecule has 1 fully saturated rings. The van der Waals surface area contributed by atoms with Crippen LogP contribution in [0.4, 0.5) is 5.82 Å². The number of piperidine rings is 1. The summed E-state index contributed by atoms with van der Waals surface area (Å²) in [7, 11) is 0. The summed E-state index contributed by atoms with van der Waals surface area (Å²) in [6.45, 7) is 1.46. The molecule has 2 N–H and O–H groups in total. The van der Waals surface area contributed by atoms with E-state index in [-0.39, 0.29) is 23.2 Å². The van der Waals surface area contributed by atoms with Gasteiger partial charge in [-0.15, -0.1) is 5.10 Å². The summed E-state index contributed by atoms with van der Waals surface area (Å²) in [5, 5.41) is 15.6. The molecule has 1 saturated heterocycles. The highest BCUT2D eigenvalue weighted by molar-refractivity contribution is 5.98. The summed E-state index contributed by atoms with van der Waals surface area (Å²) in [6, 6.07) is 9.42. The number of amides is 1. The lowest BCUT2D eigenvalue weighted by Crippen LogP contribution is -2.36. The van der Waals surface area contributed by atoms with E-state index in [4.69, 9.17) is 5.73 Å². The Kier molecular flexibility index (Phi) is 3.88. The van der Waals surface area contributed by atoms with Crippen molar-refractivity contribution in [1.29, 1.82) is 0 Å². The van der Waals surface area contributed by atoms with Gasteiger partial charge >= 0.3 is 0 Å². The second-order valence-electron chi connectivity index (χ2n) is 5.89. The Labute approximate surface area is 143 Å². The van der Waals surface area contributed by atoms with E-state index in [0.29, 0.717) is 5.69 Å². The van der Waals surface area contributed by atoms with Gasteiger partial charge in [0.25, 0.3) is 5.91 Å². The van der Waals surface area contributed by atoms with Gasteiger partial charge in [0, 0.05) is 18.7 Å². The molecule has 1 aromatic carbocycles. The molecule has 0 atom stereocenters. The molecular weight excluding hydrogens is 322 g/mol. The third kappa shape index (κ3) is 2.73. The predicted octanol–water partition coefficient (Wildman–Crippen LogP) is 1.53. The zero-order valence-electron chi connectivity index (χ0n) is 13.5. The second-order valence-corrected chi connectivity index (χ2v) is 5.89. The lowest BCUT2D eigenvalue weighted by Gasteiger charge is -2.26. The monoisotopic (exact) mass is 339 g/mol. The van der Waals surface area contributed by atoms with Gasteiger partial charge in [-0.1, -0.05) is 35.5 Å². The Bertz CT molecular complexity index is 881. The third-order valence-electron chi connectivity index (χ3n) is 4.26. The van der Waals surface area contributed by atoms with Gasteiger partial charge in [0.1, 0.15) is 5.69 Å². The van der Waals surface area contributed by atoms with E-state index >= 15 is 0 Å². The fourth-order valence-corrected chi connectivity index (χ4v) is 3.01. The van der Waals surface area contributed by atoms with Crippen LogP contribution in [0.1, 0.15) is 29.8 Å². The minimum atomic E-state index is -0.139. The van der Waals surface area contributed by atoms with E-state index in [1.165, 1.54) is 4.68 Å². The van der Waals surface area contributed by atoms with E-state index in [2.05, 4.69) is 25.3 Å². The van der Waals surface area contributed by atoms with E-state index in [0.717, 1.165) is 37.9 Å². The van der Waals surface area contributed by atoms with Crippen molar-refractivity contribution in [2.24, 2.45) is 0 Å². The fourth-order valence-electron chi connectivity index (χ4n) is 3.01. The highest BCUT2D eigenvalue weighted by atomic mass is 16.6. The van der Waals surface area contributed by atoms with Crippen molar-refractivity contribution in [3.05, 3.63) is 36.0 Å². The maximum Gasteiger partial charge on any atom is 0.276 e. The molecule has 0 unspecified atom stereocenters. The van der Waals surface area contributed by atoms with Gasteiger partial charge in [-0.05, 0) is 29.6 Å². The highest BCUT2D eigenvalue weighted by Crippen LogP contribution is 2.27. The van der Waals surface area contributed by atoms with Crippen LogP contribution in [0.15, 0.2) is 35.0 Å². The van der Waals surface area contributed by atoms with Gasteiger partial charge < -0.3 is 10.6 Å². The number of carbonyl (C=O) groups is 1. The summed E-state index contributed by atoms with van der Waals surface area (Å²) < 4.78 is 6.07. The molecule has 1 aliphatic heterocycles. The number of carbonyl (C=O) groups excluding carboxylic acids is 1. The van der Waals surface area contributed by atoms with Gasteiger partial charge in [0.05, 0.1) is 0 Å². The first-order valence-electron chi connectivity index (χ1n) is 8.14. The van der Waals surface area contributed by atoms with Crippen LogP contribution in [0.3, 0.4) is 0 Å². The maximum atomic E-state index is 13.0. The number of benzene rings is 1. The largest absolute Gasteiger partial charge is 0.378 e. The molecule has 0 radical (unpaired) electrons. The average molecular weight is 339 g/mol. The molecule has 3 heterocycles. The van der Waals surface area contributed by atoms with E-state index in [9.17, 15) is 4.79 Å². The van der Waals surface area contributed by atoms with Gasteiger partial charge in [-0.25, -0.2) is 4.63 Å². The van der Waals surface area contributed by atoms with Gasteiger partial charge in [-0.3, -0.25) is 4.79 Å². The van der Waals surface area contributed by atoms with E-state index in [1.54, 1.807) is 0 Å². The van der Waals surface area contributed by atoms with Crippen LogP contribution in [0.2, 0.25) is 0 Å². The minimum Gasteiger partial charge on any atom is -0.378 e. The lowest BCUT2D eigenvalue weighted by atomic mass is 10.1. The first-order chi connectivity index (χ1) is 12.3. The standard InChI is InChI=1S/C16H17N7O2/c17-14-15(20-25-19-14)23-13(11-7-3-1-4-8-11)12(18-21-23)16(24)22-9-5-2-6-10-22/h1,3-4,7-8H,2,5-6,9-10H2,(H2,17,19). The summed E-state index contributed by atoms with van der Waals surface area (Å²) in [5.41, 5.74) is 7.38.